The van der Waals surface area contributed by atoms with Gasteiger partial charge in [0.2, 0.25) is 0 Å². The third-order valence-corrected chi connectivity index (χ3v) is 2.65. The van der Waals surface area contributed by atoms with Crippen LogP contribution in [-0.2, 0) is 6.54 Å². The summed E-state index contributed by atoms with van der Waals surface area (Å²) >= 11 is 0. The van der Waals surface area contributed by atoms with Gasteiger partial charge < -0.3 is 10.5 Å². The molecule has 0 aliphatic carbocycles. The molecule has 2 rings (SSSR count). The lowest BCUT2D eigenvalue weighted by Crippen LogP contribution is -2.05. The fraction of sp³-hybridized carbons (Fsp3) is 0.308. The molecule has 98 valence electrons. The molecule has 1 heterocycles. The summed E-state index contributed by atoms with van der Waals surface area (Å²) in [6.45, 7) is 1.56. The van der Waals surface area contributed by atoms with Crippen LogP contribution in [0.4, 0.5) is 0 Å². The minimum atomic E-state index is 0. The first-order valence-corrected chi connectivity index (χ1v) is 5.70. The SMILES string of the molecule is COc1ccc(-c2cnn(CCCN)c2)cc1.Cl. The number of halogens is 1. The van der Waals surface area contributed by atoms with Crippen molar-refractivity contribution in [2.75, 3.05) is 13.7 Å². The van der Waals surface area contributed by atoms with Crippen molar-refractivity contribution >= 4 is 12.4 Å². The number of benzene rings is 1. The van der Waals surface area contributed by atoms with E-state index in [1.54, 1.807) is 7.11 Å². The van der Waals surface area contributed by atoms with Crippen LogP contribution in [0.2, 0.25) is 0 Å². The summed E-state index contributed by atoms with van der Waals surface area (Å²) in [6.07, 6.45) is 4.86. The molecule has 0 fully saturated rings. The first-order chi connectivity index (χ1) is 8.33. The molecule has 5 heteroatoms. The number of methoxy groups -OCH3 is 1. The highest BCUT2D eigenvalue weighted by atomic mass is 35.5. The smallest absolute Gasteiger partial charge is 0.118 e. The number of aryl methyl sites for hydroxylation is 1. The zero-order chi connectivity index (χ0) is 12.1. The van der Waals surface area contributed by atoms with Crippen LogP contribution in [0.3, 0.4) is 0 Å². The van der Waals surface area contributed by atoms with Crippen LogP contribution in [-0.4, -0.2) is 23.4 Å². The molecule has 1 aromatic carbocycles. The Bertz CT molecular complexity index is 467. The van der Waals surface area contributed by atoms with Gasteiger partial charge in [-0.15, -0.1) is 12.4 Å². The molecule has 2 aromatic rings. The second kappa shape index (κ2) is 7.03. The third kappa shape index (κ3) is 3.48. The minimum absolute atomic E-state index is 0. The molecule has 0 aliphatic heterocycles. The van der Waals surface area contributed by atoms with Crippen LogP contribution in [0.1, 0.15) is 6.42 Å². The van der Waals surface area contributed by atoms with Crippen molar-refractivity contribution in [2.24, 2.45) is 5.73 Å². The maximum absolute atomic E-state index is 5.47. The predicted molar refractivity (Wildman–Crippen MR) is 75.1 cm³/mol. The number of hydrogen-bond donors (Lipinski definition) is 1. The van der Waals surface area contributed by atoms with Crippen LogP contribution in [0, 0.1) is 0 Å². The Morgan fingerprint density at radius 1 is 1.22 bits per heavy atom. The molecule has 1 aromatic heterocycles. The quantitative estimate of drug-likeness (QED) is 0.905. The Morgan fingerprint density at radius 2 is 1.94 bits per heavy atom. The highest BCUT2D eigenvalue weighted by Gasteiger charge is 2.01. The van der Waals surface area contributed by atoms with Gasteiger partial charge in [0.1, 0.15) is 5.75 Å². The van der Waals surface area contributed by atoms with E-state index in [0.717, 1.165) is 29.8 Å². The predicted octanol–water partition coefficient (Wildman–Crippen LogP) is 2.33. The van der Waals surface area contributed by atoms with E-state index in [2.05, 4.69) is 5.10 Å². The summed E-state index contributed by atoms with van der Waals surface area (Å²) in [4.78, 5) is 0. The van der Waals surface area contributed by atoms with E-state index in [-0.39, 0.29) is 12.4 Å². The van der Waals surface area contributed by atoms with Gasteiger partial charge in [0.25, 0.3) is 0 Å². The molecule has 0 amide bonds. The van der Waals surface area contributed by atoms with Crippen molar-refractivity contribution in [3.63, 3.8) is 0 Å². The molecule has 0 unspecified atom stereocenters. The molecular formula is C13H18ClN3O. The second-order valence-corrected chi connectivity index (χ2v) is 3.86. The summed E-state index contributed by atoms with van der Waals surface area (Å²) in [5, 5.41) is 4.30. The molecule has 0 radical (unpaired) electrons. The van der Waals surface area contributed by atoms with E-state index in [9.17, 15) is 0 Å². The summed E-state index contributed by atoms with van der Waals surface area (Å²) in [5.74, 6) is 0.865. The topological polar surface area (TPSA) is 53.1 Å². The van der Waals surface area contributed by atoms with Crippen LogP contribution in [0.5, 0.6) is 5.75 Å². The van der Waals surface area contributed by atoms with Crippen molar-refractivity contribution in [1.29, 1.82) is 0 Å². The summed E-state index contributed by atoms with van der Waals surface area (Å²) in [5.41, 5.74) is 7.73. The van der Waals surface area contributed by atoms with Gasteiger partial charge in [-0.25, -0.2) is 0 Å². The van der Waals surface area contributed by atoms with Crippen molar-refractivity contribution in [2.45, 2.75) is 13.0 Å². The first-order valence-electron chi connectivity index (χ1n) is 5.70. The zero-order valence-corrected chi connectivity index (χ0v) is 11.2. The van der Waals surface area contributed by atoms with E-state index < -0.39 is 0 Å². The number of nitrogens with zero attached hydrogens (tertiary/aromatic N) is 2. The molecule has 0 spiro atoms. The highest BCUT2D eigenvalue weighted by Crippen LogP contribution is 2.21. The van der Waals surface area contributed by atoms with Crippen molar-refractivity contribution in [3.8, 4) is 16.9 Å². The average Bonchev–Trinajstić information content (AvgIpc) is 2.85. The van der Waals surface area contributed by atoms with Crippen LogP contribution < -0.4 is 10.5 Å². The van der Waals surface area contributed by atoms with Gasteiger partial charge >= 0.3 is 0 Å². The van der Waals surface area contributed by atoms with Crippen LogP contribution in [0.25, 0.3) is 11.1 Å². The van der Waals surface area contributed by atoms with Crippen LogP contribution in [0.15, 0.2) is 36.7 Å². The molecule has 4 nitrogen and oxygen atoms in total. The van der Waals surface area contributed by atoms with Crippen LogP contribution >= 0.6 is 12.4 Å². The van der Waals surface area contributed by atoms with Gasteiger partial charge in [-0.3, -0.25) is 4.68 Å². The maximum Gasteiger partial charge on any atom is 0.118 e. The number of rotatable bonds is 5. The molecule has 0 saturated heterocycles. The van der Waals surface area contributed by atoms with Crippen molar-refractivity contribution in [3.05, 3.63) is 36.7 Å². The van der Waals surface area contributed by atoms with Gasteiger partial charge in [-0.05, 0) is 30.7 Å². The Kier molecular flexibility index (Phi) is 5.68. The first kappa shape index (κ1) is 14.5. The van der Waals surface area contributed by atoms with E-state index in [1.165, 1.54) is 0 Å². The average molecular weight is 268 g/mol. The van der Waals surface area contributed by atoms with E-state index in [1.807, 2.05) is 41.3 Å². The second-order valence-electron chi connectivity index (χ2n) is 3.86. The van der Waals surface area contributed by atoms with Gasteiger partial charge in [0, 0.05) is 18.3 Å². The third-order valence-electron chi connectivity index (χ3n) is 2.65. The Balaban J connectivity index is 0.00000162. The zero-order valence-electron chi connectivity index (χ0n) is 10.4. The van der Waals surface area contributed by atoms with Gasteiger partial charge in [0.05, 0.1) is 13.3 Å². The Morgan fingerprint density at radius 3 is 2.56 bits per heavy atom. The maximum atomic E-state index is 5.47. The molecule has 0 saturated carbocycles. The number of nitrogens with two attached hydrogens (primary N) is 1. The standard InChI is InChI=1S/C13H17N3O.ClH/c1-17-13-5-3-11(4-6-13)12-9-15-16(10-12)8-2-7-14;/h3-6,9-10H,2,7-8,14H2,1H3;1H. The van der Waals surface area contributed by atoms with E-state index in [4.69, 9.17) is 10.5 Å². The van der Waals surface area contributed by atoms with Gasteiger partial charge in [0.15, 0.2) is 0 Å². The molecule has 0 atom stereocenters. The van der Waals surface area contributed by atoms with Crippen molar-refractivity contribution in [1.82, 2.24) is 9.78 Å². The normalized spacial score (nSPS) is 9.89. The Labute approximate surface area is 113 Å². The molecule has 2 N–H and O–H groups in total. The molecular weight excluding hydrogens is 250 g/mol. The van der Waals surface area contributed by atoms with Gasteiger partial charge in [-0.2, -0.15) is 5.10 Å². The lowest BCUT2D eigenvalue weighted by Gasteiger charge is -2.01. The molecule has 0 aliphatic rings. The summed E-state index contributed by atoms with van der Waals surface area (Å²) in [7, 11) is 1.67. The fourth-order valence-electron chi connectivity index (χ4n) is 1.67. The lowest BCUT2D eigenvalue weighted by atomic mass is 10.1. The monoisotopic (exact) mass is 267 g/mol. The summed E-state index contributed by atoms with van der Waals surface area (Å²) in [6, 6.07) is 7.96. The lowest BCUT2D eigenvalue weighted by molar-refractivity contribution is 0.415. The molecule has 0 bridgehead atoms. The van der Waals surface area contributed by atoms with Crippen molar-refractivity contribution < 1.29 is 4.74 Å². The highest BCUT2D eigenvalue weighted by molar-refractivity contribution is 5.85. The number of hydrogen-bond acceptors (Lipinski definition) is 3. The van der Waals surface area contributed by atoms with Gasteiger partial charge in [-0.1, -0.05) is 12.1 Å². The Hall–Kier alpha value is -1.52. The fourth-order valence-corrected chi connectivity index (χ4v) is 1.67. The number of aromatic nitrogens is 2. The van der Waals surface area contributed by atoms with E-state index in [0.29, 0.717) is 6.54 Å². The molecule has 18 heavy (non-hydrogen) atoms. The minimum Gasteiger partial charge on any atom is -0.497 e. The number of ether oxygens (including phenoxy) is 1. The largest absolute Gasteiger partial charge is 0.497 e. The van der Waals surface area contributed by atoms with E-state index >= 15 is 0 Å². The summed E-state index contributed by atoms with van der Waals surface area (Å²) < 4.78 is 7.05.